The van der Waals surface area contributed by atoms with Gasteiger partial charge in [-0.1, -0.05) is 11.6 Å². The van der Waals surface area contributed by atoms with E-state index in [9.17, 15) is 18.3 Å². The number of alkyl halides is 3. The summed E-state index contributed by atoms with van der Waals surface area (Å²) in [6.45, 7) is 2.11. The predicted molar refractivity (Wildman–Crippen MR) is 71.9 cm³/mol. The van der Waals surface area contributed by atoms with E-state index in [0.29, 0.717) is 12.7 Å². The van der Waals surface area contributed by atoms with Crippen LogP contribution in [0.5, 0.6) is 0 Å². The molecule has 0 spiro atoms. The van der Waals surface area contributed by atoms with E-state index < -0.39 is 17.3 Å². The second-order valence-electron chi connectivity index (χ2n) is 5.14. The maximum atomic E-state index is 12.5. The lowest BCUT2D eigenvalue weighted by Crippen LogP contribution is -2.43. The van der Waals surface area contributed by atoms with Gasteiger partial charge in [-0.05, 0) is 27.1 Å². The number of aromatic nitrogens is 1. The van der Waals surface area contributed by atoms with Gasteiger partial charge in [-0.2, -0.15) is 13.2 Å². The Morgan fingerprint density at radius 2 is 2.00 bits per heavy atom. The van der Waals surface area contributed by atoms with Crippen LogP contribution in [0.25, 0.3) is 0 Å². The Morgan fingerprint density at radius 3 is 2.45 bits per heavy atom. The fourth-order valence-corrected chi connectivity index (χ4v) is 1.97. The lowest BCUT2D eigenvalue weighted by atomic mass is 10.1. The second kappa shape index (κ2) is 6.15. The number of nitrogens with one attached hydrogen (secondary N) is 1. The molecule has 8 heteroatoms. The molecule has 1 rings (SSSR count). The van der Waals surface area contributed by atoms with E-state index in [2.05, 4.69) is 10.3 Å². The number of hydrogen-bond acceptors (Lipinski definition) is 4. The molecule has 0 amide bonds. The molecule has 0 radical (unpaired) electrons. The van der Waals surface area contributed by atoms with E-state index in [1.807, 2.05) is 0 Å². The van der Waals surface area contributed by atoms with E-state index >= 15 is 0 Å². The summed E-state index contributed by atoms with van der Waals surface area (Å²) in [7, 11) is 3.61. The minimum Gasteiger partial charge on any atom is -0.387 e. The predicted octanol–water partition coefficient (Wildman–Crippen LogP) is 2.48. The van der Waals surface area contributed by atoms with Gasteiger partial charge in [0.2, 0.25) is 0 Å². The van der Waals surface area contributed by atoms with Crippen molar-refractivity contribution in [3.05, 3.63) is 22.8 Å². The van der Waals surface area contributed by atoms with Crippen LogP contribution in [-0.2, 0) is 6.18 Å². The zero-order valence-corrected chi connectivity index (χ0v) is 12.2. The molecule has 0 saturated carbocycles. The highest BCUT2D eigenvalue weighted by Crippen LogP contribution is 2.32. The number of anilines is 1. The van der Waals surface area contributed by atoms with Crippen LogP contribution in [0, 0.1) is 0 Å². The van der Waals surface area contributed by atoms with Crippen molar-refractivity contribution in [2.75, 3.05) is 32.5 Å². The average Bonchev–Trinajstić information content (AvgIpc) is 2.24. The minimum absolute atomic E-state index is 0.110. The normalized spacial score (nSPS) is 15.2. The summed E-state index contributed by atoms with van der Waals surface area (Å²) in [6, 6.07) is 0.803. The fourth-order valence-electron chi connectivity index (χ4n) is 1.73. The van der Waals surface area contributed by atoms with Gasteiger partial charge in [0, 0.05) is 19.3 Å². The Bertz CT molecular complexity index is 464. The van der Waals surface area contributed by atoms with Crippen molar-refractivity contribution in [3.8, 4) is 0 Å². The molecular weight excluding hydrogens is 295 g/mol. The van der Waals surface area contributed by atoms with E-state index in [0.717, 1.165) is 6.07 Å². The van der Waals surface area contributed by atoms with Crippen molar-refractivity contribution in [2.24, 2.45) is 0 Å². The molecule has 0 fully saturated rings. The molecule has 4 nitrogen and oxygen atoms in total. The Kier molecular flexibility index (Phi) is 5.23. The summed E-state index contributed by atoms with van der Waals surface area (Å²) in [5, 5.41) is 12.7. The molecular formula is C12H17ClF3N3O. The number of likely N-dealkylation sites (N-methyl/N-ethyl adjacent to an activating group) is 1. The lowest BCUT2D eigenvalue weighted by Gasteiger charge is -2.27. The van der Waals surface area contributed by atoms with Crippen LogP contribution in [0.3, 0.4) is 0 Å². The van der Waals surface area contributed by atoms with Gasteiger partial charge in [-0.15, -0.1) is 0 Å². The first-order valence-corrected chi connectivity index (χ1v) is 6.23. The van der Waals surface area contributed by atoms with Crippen LogP contribution in [0.2, 0.25) is 5.02 Å². The van der Waals surface area contributed by atoms with Crippen molar-refractivity contribution in [3.63, 3.8) is 0 Å². The topological polar surface area (TPSA) is 48.4 Å². The van der Waals surface area contributed by atoms with Gasteiger partial charge in [0.15, 0.2) is 0 Å². The molecule has 1 aromatic rings. The highest BCUT2D eigenvalue weighted by atomic mass is 35.5. The third-order valence-electron chi connectivity index (χ3n) is 2.46. The summed E-state index contributed by atoms with van der Waals surface area (Å²) in [5.41, 5.74) is -1.97. The highest BCUT2D eigenvalue weighted by molar-refractivity contribution is 6.32. The fraction of sp³-hybridized carbons (Fsp3) is 0.583. The summed E-state index contributed by atoms with van der Waals surface area (Å²) < 4.78 is 37.4. The molecule has 1 aromatic heterocycles. The van der Waals surface area contributed by atoms with Gasteiger partial charge in [0.25, 0.3) is 0 Å². The summed E-state index contributed by atoms with van der Waals surface area (Å²) >= 11 is 5.75. The van der Waals surface area contributed by atoms with Crippen LogP contribution >= 0.6 is 11.6 Å². The molecule has 0 aliphatic heterocycles. The third kappa shape index (κ3) is 5.15. The molecule has 1 heterocycles. The monoisotopic (exact) mass is 311 g/mol. The number of aliphatic hydroxyl groups is 1. The Labute approximate surface area is 120 Å². The van der Waals surface area contributed by atoms with Crippen molar-refractivity contribution >= 4 is 17.4 Å². The van der Waals surface area contributed by atoms with Crippen molar-refractivity contribution in [2.45, 2.75) is 18.7 Å². The molecule has 20 heavy (non-hydrogen) atoms. The summed E-state index contributed by atoms with van der Waals surface area (Å²) in [6.07, 6.45) is -3.78. The molecule has 0 saturated heterocycles. The van der Waals surface area contributed by atoms with Gasteiger partial charge >= 0.3 is 6.18 Å². The number of pyridine rings is 1. The van der Waals surface area contributed by atoms with E-state index in [4.69, 9.17) is 11.6 Å². The van der Waals surface area contributed by atoms with Gasteiger partial charge in [0.05, 0.1) is 16.2 Å². The standard InChI is InChI=1S/C12H17ClF3N3O/c1-11(20,7-19(2)3)6-18-10-9(13)4-8(5-17-10)12(14,15)16/h4-5,20H,6-7H2,1-3H3,(H,17,18). The van der Waals surface area contributed by atoms with E-state index in [1.54, 1.807) is 25.9 Å². The second-order valence-corrected chi connectivity index (χ2v) is 5.55. The third-order valence-corrected chi connectivity index (χ3v) is 2.75. The molecule has 1 atom stereocenters. The molecule has 1 unspecified atom stereocenters. The zero-order valence-electron chi connectivity index (χ0n) is 11.4. The maximum Gasteiger partial charge on any atom is 0.417 e. The largest absolute Gasteiger partial charge is 0.417 e. The summed E-state index contributed by atoms with van der Waals surface area (Å²) in [4.78, 5) is 5.43. The van der Waals surface area contributed by atoms with Crippen LogP contribution in [0.1, 0.15) is 12.5 Å². The number of halogens is 4. The highest BCUT2D eigenvalue weighted by Gasteiger charge is 2.31. The first kappa shape index (κ1) is 17.0. The van der Waals surface area contributed by atoms with Crippen LogP contribution < -0.4 is 5.32 Å². The first-order valence-electron chi connectivity index (χ1n) is 5.85. The molecule has 0 aliphatic rings. The smallest absolute Gasteiger partial charge is 0.387 e. The van der Waals surface area contributed by atoms with Crippen LogP contribution in [0.4, 0.5) is 19.0 Å². The lowest BCUT2D eigenvalue weighted by molar-refractivity contribution is -0.137. The Balaban J connectivity index is 2.75. The number of hydrogen-bond donors (Lipinski definition) is 2. The van der Waals surface area contributed by atoms with E-state index in [-0.39, 0.29) is 17.4 Å². The zero-order chi connectivity index (χ0) is 15.6. The van der Waals surface area contributed by atoms with Crippen LogP contribution in [-0.4, -0.2) is 47.8 Å². The quantitative estimate of drug-likeness (QED) is 0.877. The Morgan fingerprint density at radius 1 is 1.40 bits per heavy atom. The maximum absolute atomic E-state index is 12.5. The number of nitrogens with zero attached hydrogens (tertiary/aromatic N) is 2. The van der Waals surface area contributed by atoms with Gasteiger partial charge in [-0.3, -0.25) is 0 Å². The van der Waals surface area contributed by atoms with E-state index in [1.165, 1.54) is 0 Å². The van der Waals surface area contributed by atoms with Gasteiger partial charge < -0.3 is 15.3 Å². The molecule has 0 aromatic carbocycles. The number of rotatable bonds is 5. The Hall–Kier alpha value is -1.05. The van der Waals surface area contributed by atoms with Crippen molar-refractivity contribution in [1.82, 2.24) is 9.88 Å². The average molecular weight is 312 g/mol. The van der Waals surface area contributed by atoms with Gasteiger partial charge in [0.1, 0.15) is 5.82 Å². The molecule has 0 aliphatic carbocycles. The van der Waals surface area contributed by atoms with Crippen LogP contribution in [0.15, 0.2) is 12.3 Å². The molecule has 114 valence electrons. The van der Waals surface area contributed by atoms with Crippen molar-refractivity contribution < 1.29 is 18.3 Å². The molecule has 2 N–H and O–H groups in total. The minimum atomic E-state index is -4.48. The van der Waals surface area contributed by atoms with Crippen molar-refractivity contribution in [1.29, 1.82) is 0 Å². The molecule has 0 bridgehead atoms. The van der Waals surface area contributed by atoms with Gasteiger partial charge in [-0.25, -0.2) is 4.98 Å². The summed E-state index contributed by atoms with van der Waals surface area (Å²) in [5.74, 6) is 0.110. The SMILES string of the molecule is CN(C)CC(C)(O)CNc1ncc(C(F)(F)F)cc1Cl. The first-order chi connectivity index (χ1) is 9.01.